The van der Waals surface area contributed by atoms with E-state index in [1.807, 2.05) is 6.07 Å². The maximum atomic E-state index is 12.0. The summed E-state index contributed by atoms with van der Waals surface area (Å²) in [7, 11) is 1.68. The molecule has 0 spiro atoms. The fraction of sp³-hybridized carbons (Fsp3) is 0.0769. The van der Waals surface area contributed by atoms with Crippen molar-refractivity contribution in [1.82, 2.24) is 4.98 Å². The molecule has 2 aromatic rings. The number of amides is 2. The molecule has 0 saturated heterocycles. The molecule has 2 rings (SSSR count). The lowest BCUT2D eigenvalue weighted by atomic mass is 10.3. The Morgan fingerprint density at radius 2 is 2.00 bits per heavy atom. The Morgan fingerprint density at radius 3 is 2.61 bits per heavy atom. The van der Waals surface area contributed by atoms with Crippen molar-refractivity contribution in [2.24, 2.45) is 0 Å². The number of pyridine rings is 1. The fourth-order valence-corrected chi connectivity index (χ4v) is 1.54. The summed E-state index contributed by atoms with van der Waals surface area (Å²) >= 11 is 5.78. The SMILES string of the molecule is CN(C(=O)Nc1ccc(Cl)cc1)c1cccnc1. The van der Waals surface area contributed by atoms with Crippen molar-refractivity contribution in [1.29, 1.82) is 0 Å². The van der Waals surface area contributed by atoms with Gasteiger partial charge in [0.15, 0.2) is 0 Å². The molecule has 2 amide bonds. The Kier molecular flexibility index (Phi) is 3.79. The largest absolute Gasteiger partial charge is 0.326 e. The molecule has 1 aromatic heterocycles. The van der Waals surface area contributed by atoms with E-state index in [0.29, 0.717) is 10.7 Å². The van der Waals surface area contributed by atoms with Gasteiger partial charge in [-0.15, -0.1) is 0 Å². The van der Waals surface area contributed by atoms with Crippen LogP contribution in [0, 0.1) is 0 Å². The molecule has 1 N–H and O–H groups in total. The van der Waals surface area contributed by atoms with Gasteiger partial charge in [-0.3, -0.25) is 9.88 Å². The number of aromatic nitrogens is 1. The molecule has 0 bridgehead atoms. The fourth-order valence-electron chi connectivity index (χ4n) is 1.41. The average Bonchev–Trinajstić information content (AvgIpc) is 2.41. The smallest absolute Gasteiger partial charge is 0.308 e. The highest BCUT2D eigenvalue weighted by molar-refractivity contribution is 6.30. The summed E-state index contributed by atoms with van der Waals surface area (Å²) in [6.07, 6.45) is 3.29. The third kappa shape index (κ3) is 2.99. The minimum atomic E-state index is -0.231. The Hall–Kier alpha value is -2.07. The third-order valence-corrected chi connectivity index (χ3v) is 2.69. The second kappa shape index (κ2) is 5.51. The first kappa shape index (κ1) is 12.4. The molecule has 5 heteroatoms. The van der Waals surface area contributed by atoms with Crippen LogP contribution in [-0.2, 0) is 0 Å². The van der Waals surface area contributed by atoms with Crippen LogP contribution >= 0.6 is 11.6 Å². The first-order valence-electron chi connectivity index (χ1n) is 5.37. The number of benzene rings is 1. The normalized spacial score (nSPS) is 9.89. The third-order valence-electron chi connectivity index (χ3n) is 2.43. The summed E-state index contributed by atoms with van der Waals surface area (Å²) < 4.78 is 0. The van der Waals surface area contributed by atoms with Crippen molar-refractivity contribution < 1.29 is 4.79 Å². The maximum Gasteiger partial charge on any atom is 0.326 e. The van der Waals surface area contributed by atoms with Crippen LogP contribution in [-0.4, -0.2) is 18.1 Å². The van der Waals surface area contributed by atoms with Crippen LogP contribution in [0.2, 0.25) is 5.02 Å². The molecule has 1 heterocycles. The van der Waals surface area contributed by atoms with E-state index in [2.05, 4.69) is 10.3 Å². The van der Waals surface area contributed by atoms with Crippen LogP contribution in [0.4, 0.5) is 16.2 Å². The Labute approximate surface area is 110 Å². The van der Waals surface area contributed by atoms with Gasteiger partial charge in [0.1, 0.15) is 0 Å². The monoisotopic (exact) mass is 261 g/mol. The van der Waals surface area contributed by atoms with Gasteiger partial charge in [0.05, 0.1) is 11.9 Å². The maximum absolute atomic E-state index is 12.0. The number of carbonyl (C=O) groups is 1. The van der Waals surface area contributed by atoms with Gasteiger partial charge in [-0.25, -0.2) is 4.79 Å². The van der Waals surface area contributed by atoms with Crippen molar-refractivity contribution in [2.45, 2.75) is 0 Å². The molecule has 0 unspecified atom stereocenters. The van der Waals surface area contributed by atoms with Crippen LogP contribution in [0.25, 0.3) is 0 Å². The molecule has 0 atom stereocenters. The number of carbonyl (C=O) groups excluding carboxylic acids is 1. The van der Waals surface area contributed by atoms with E-state index in [0.717, 1.165) is 5.69 Å². The summed E-state index contributed by atoms with van der Waals surface area (Å²) in [5.74, 6) is 0. The molecule has 18 heavy (non-hydrogen) atoms. The quantitative estimate of drug-likeness (QED) is 0.900. The zero-order chi connectivity index (χ0) is 13.0. The predicted molar refractivity (Wildman–Crippen MR) is 73.1 cm³/mol. The average molecular weight is 262 g/mol. The van der Waals surface area contributed by atoms with Gasteiger partial charge in [0.25, 0.3) is 0 Å². The molecular formula is C13H12ClN3O. The molecule has 0 aliphatic carbocycles. The Morgan fingerprint density at radius 1 is 1.28 bits per heavy atom. The van der Waals surface area contributed by atoms with Gasteiger partial charge in [-0.2, -0.15) is 0 Å². The summed E-state index contributed by atoms with van der Waals surface area (Å²) in [4.78, 5) is 17.4. The highest BCUT2D eigenvalue weighted by atomic mass is 35.5. The molecule has 1 aromatic carbocycles. The first-order valence-corrected chi connectivity index (χ1v) is 5.75. The molecule has 0 radical (unpaired) electrons. The van der Waals surface area contributed by atoms with Gasteiger partial charge in [-0.05, 0) is 36.4 Å². The van der Waals surface area contributed by atoms with Gasteiger partial charge < -0.3 is 5.32 Å². The first-order chi connectivity index (χ1) is 8.66. The molecule has 0 saturated carbocycles. The van der Waals surface area contributed by atoms with Crippen LogP contribution in [0.3, 0.4) is 0 Å². The number of anilines is 2. The van der Waals surface area contributed by atoms with Crippen molar-refractivity contribution in [3.8, 4) is 0 Å². The molecule has 4 nitrogen and oxygen atoms in total. The summed E-state index contributed by atoms with van der Waals surface area (Å²) in [6.45, 7) is 0. The highest BCUT2D eigenvalue weighted by Crippen LogP contribution is 2.15. The Balaban J connectivity index is 2.06. The molecule has 92 valence electrons. The van der Waals surface area contributed by atoms with E-state index in [4.69, 9.17) is 11.6 Å². The van der Waals surface area contributed by atoms with Crippen LogP contribution in [0.15, 0.2) is 48.8 Å². The van der Waals surface area contributed by atoms with E-state index in [1.165, 1.54) is 4.90 Å². The summed E-state index contributed by atoms with van der Waals surface area (Å²) in [5.41, 5.74) is 1.42. The van der Waals surface area contributed by atoms with E-state index >= 15 is 0 Å². The van der Waals surface area contributed by atoms with Crippen molar-refractivity contribution in [3.05, 3.63) is 53.8 Å². The molecule has 0 aliphatic heterocycles. The second-order valence-corrected chi connectivity index (χ2v) is 4.14. The van der Waals surface area contributed by atoms with Gasteiger partial charge in [0.2, 0.25) is 0 Å². The summed E-state index contributed by atoms with van der Waals surface area (Å²) in [6, 6.07) is 10.3. The number of halogens is 1. The van der Waals surface area contributed by atoms with Crippen molar-refractivity contribution >= 4 is 29.0 Å². The van der Waals surface area contributed by atoms with Crippen molar-refractivity contribution in [3.63, 3.8) is 0 Å². The Bertz CT molecular complexity index is 528. The van der Waals surface area contributed by atoms with Gasteiger partial charge >= 0.3 is 6.03 Å². The molecule has 0 aliphatic rings. The van der Waals surface area contributed by atoms with Gasteiger partial charge in [-0.1, -0.05) is 11.6 Å². The topological polar surface area (TPSA) is 45.2 Å². The second-order valence-electron chi connectivity index (χ2n) is 3.71. The lowest BCUT2D eigenvalue weighted by Crippen LogP contribution is -2.31. The van der Waals surface area contributed by atoms with Crippen LogP contribution in [0.1, 0.15) is 0 Å². The number of urea groups is 1. The lowest BCUT2D eigenvalue weighted by molar-refractivity contribution is 0.258. The van der Waals surface area contributed by atoms with E-state index in [1.54, 1.807) is 49.8 Å². The highest BCUT2D eigenvalue weighted by Gasteiger charge is 2.10. The minimum absolute atomic E-state index is 0.231. The van der Waals surface area contributed by atoms with Gasteiger partial charge in [0, 0.05) is 24.0 Å². The number of rotatable bonds is 2. The minimum Gasteiger partial charge on any atom is -0.308 e. The lowest BCUT2D eigenvalue weighted by Gasteiger charge is -2.17. The number of nitrogens with one attached hydrogen (secondary N) is 1. The van der Waals surface area contributed by atoms with Crippen LogP contribution in [0.5, 0.6) is 0 Å². The molecular weight excluding hydrogens is 250 g/mol. The summed E-state index contributed by atoms with van der Waals surface area (Å²) in [5, 5.41) is 3.40. The zero-order valence-corrected chi connectivity index (χ0v) is 10.6. The predicted octanol–water partition coefficient (Wildman–Crippen LogP) is 3.40. The van der Waals surface area contributed by atoms with Crippen molar-refractivity contribution in [2.75, 3.05) is 17.3 Å². The van der Waals surface area contributed by atoms with E-state index in [-0.39, 0.29) is 6.03 Å². The van der Waals surface area contributed by atoms with E-state index in [9.17, 15) is 4.79 Å². The number of hydrogen-bond acceptors (Lipinski definition) is 2. The standard InChI is InChI=1S/C13H12ClN3O/c1-17(12-3-2-8-15-9-12)13(18)16-11-6-4-10(14)5-7-11/h2-9H,1H3,(H,16,18). The zero-order valence-electron chi connectivity index (χ0n) is 9.80. The molecule has 0 fully saturated rings. The number of hydrogen-bond donors (Lipinski definition) is 1. The number of nitrogens with zero attached hydrogens (tertiary/aromatic N) is 2. The van der Waals surface area contributed by atoms with E-state index < -0.39 is 0 Å². The van der Waals surface area contributed by atoms with Crippen LogP contribution < -0.4 is 10.2 Å².